The van der Waals surface area contributed by atoms with Crippen LogP contribution in [-0.2, 0) is 19.1 Å². The summed E-state index contributed by atoms with van der Waals surface area (Å²) in [5, 5.41) is 10.8. The molecule has 0 heterocycles. The quantitative estimate of drug-likeness (QED) is 0.0523. The van der Waals surface area contributed by atoms with Crippen LogP contribution >= 0.6 is 11.8 Å². The Morgan fingerprint density at radius 2 is 0.857 bits per heavy atom. The van der Waals surface area contributed by atoms with E-state index in [0.717, 1.165) is 17.3 Å². The van der Waals surface area contributed by atoms with E-state index in [2.05, 4.69) is 34.4 Å². The number of Topliss-reactive ketones (excluding diaryl/α,β-unsaturated/α-hetero) is 2. The molecular formula is C48H42N4O10S. The van der Waals surface area contributed by atoms with Gasteiger partial charge < -0.3 is 30.7 Å². The van der Waals surface area contributed by atoms with Crippen molar-refractivity contribution in [1.29, 1.82) is 0 Å². The first-order valence-corrected chi connectivity index (χ1v) is 19.9. The molecule has 0 atom stereocenters. The second-order valence-corrected chi connectivity index (χ2v) is 15.2. The van der Waals surface area contributed by atoms with E-state index in [0.29, 0.717) is 26.7 Å². The van der Waals surface area contributed by atoms with Crippen LogP contribution in [0, 0.1) is 6.92 Å². The fourth-order valence-corrected chi connectivity index (χ4v) is 6.39. The average molecular weight is 867 g/mol. The molecule has 0 aliphatic rings. The highest BCUT2D eigenvalue weighted by atomic mass is 32.2. The molecule has 5 rings (SSSR count). The van der Waals surface area contributed by atoms with E-state index in [1.165, 1.54) is 75.5 Å². The van der Waals surface area contributed by atoms with Crippen molar-refractivity contribution < 1.29 is 47.8 Å². The molecule has 0 aromatic heterocycles. The largest absolute Gasteiger partial charge is 0.454 e. The van der Waals surface area contributed by atoms with Crippen LogP contribution in [-0.4, -0.2) is 67.4 Å². The van der Waals surface area contributed by atoms with Gasteiger partial charge in [0.05, 0.1) is 22.3 Å². The zero-order valence-corrected chi connectivity index (χ0v) is 35.5. The molecule has 4 amide bonds. The van der Waals surface area contributed by atoms with Gasteiger partial charge in [0.2, 0.25) is 0 Å². The number of rotatable bonds is 17. The van der Waals surface area contributed by atoms with Gasteiger partial charge in [-0.25, -0.2) is 9.59 Å². The predicted molar refractivity (Wildman–Crippen MR) is 239 cm³/mol. The molecule has 5 aromatic rings. The summed E-state index contributed by atoms with van der Waals surface area (Å²) in [5.41, 5.74) is 3.09. The van der Waals surface area contributed by atoms with Gasteiger partial charge in [-0.1, -0.05) is 42.6 Å². The molecule has 0 saturated heterocycles. The van der Waals surface area contributed by atoms with Crippen LogP contribution in [0.4, 0.5) is 17.1 Å². The Hall–Kier alpha value is -7.91. The van der Waals surface area contributed by atoms with Crippen LogP contribution in [0.1, 0.15) is 81.6 Å². The van der Waals surface area contributed by atoms with E-state index in [1.807, 2.05) is 19.1 Å². The van der Waals surface area contributed by atoms with Crippen molar-refractivity contribution in [3.63, 3.8) is 0 Å². The Morgan fingerprint density at radius 3 is 1.25 bits per heavy atom. The Labute approximate surface area is 367 Å². The van der Waals surface area contributed by atoms with Crippen molar-refractivity contribution >= 4 is 76.0 Å². The van der Waals surface area contributed by atoms with E-state index in [9.17, 15) is 38.4 Å². The summed E-state index contributed by atoms with van der Waals surface area (Å²) in [6, 6.07) is 28.4. The second kappa shape index (κ2) is 21.1. The molecule has 4 N–H and O–H groups in total. The molecule has 0 bridgehead atoms. The molecule has 15 heteroatoms. The molecule has 0 radical (unpaired) electrons. The third kappa shape index (κ3) is 12.6. The third-order valence-corrected chi connectivity index (χ3v) is 10.1. The van der Waals surface area contributed by atoms with E-state index >= 15 is 0 Å². The number of carbonyl (C=O) groups excluding carboxylic acids is 8. The van der Waals surface area contributed by atoms with E-state index in [4.69, 9.17) is 9.47 Å². The lowest BCUT2D eigenvalue weighted by atomic mass is 10.1. The number of benzene rings is 5. The molecule has 0 unspecified atom stereocenters. The molecule has 0 saturated carbocycles. The highest BCUT2D eigenvalue weighted by molar-refractivity contribution is 7.99. The number of esters is 2. The zero-order chi connectivity index (χ0) is 45.8. The predicted octanol–water partition coefficient (Wildman–Crippen LogP) is 7.87. The van der Waals surface area contributed by atoms with Crippen LogP contribution in [0.15, 0.2) is 143 Å². The number of ether oxygens (including phenoxy) is 2. The number of amides is 4. The van der Waals surface area contributed by atoms with E-state index < -0.39 is 54.4 Å². The van der Waals surface area contributed by atoms with Gasteiger partial charge in [0.15, 0.2) is 24.8 Å². The SMILES string of the molecule is C=C(C)C(=O)COC(=O)c1ccc(Sc2ccc(C(=O)OCC(=O)C(=C)C)c(C(=O)Nc3ccc(C(=O)Nc4ccc(NC(=O)c5ccc(C)cc5)cc4)cc3)c2)cc1C(=O)NC. The summed E-state index contributed by atoms with van der Waals surface area (Å²) < 4.78 is 10.3. The molecule has 63 heavy (non-hydrogen) atoms. The smallest absolute Gasteiger partial charge is 0.339 e. The van der Waals surface area contributed by atoms with E-state index in [1.54, 1.807) is 42.5 Å². The molecule has 14 nitrogen and oxygen atoms in total. The van der Waals surface area contributed by atoms with Crippen molar-refractivity contribution in [3.8, 4) is 0 Å². The molecular weight excluding hydrogens is 825 g/mol. The number of hydrogen-bond donors (Lipinski definition) is 4. The lowest BCUT2D eigenvalue weighted by Gasteiger charge is -2.14. The summed E-state index contributed by atoms with van der Waals surface area (Å²) in [7, 11) is 1.38. The topological polar surface area (TPSA) is 203 Å². The van der Waals surface area contributed by atoms with Gasteiger partial charge in [0.1, 0.15) is 0 Å². The number of hydrogen-bond acceptors (Lipinski definition) is 11. The lowest BCUT2D eigenvalue weighted by molar-refractivity contribution is -0.119. The van der Waals surface area contributed by atoms with Crippen LogP contribution in [0.2, 0.25) is 0 Å². The molecule has 320 valence electrons. The van der Waals surface area contributed by atoms with Gasteiger partial charge in [0.25, 0.3) is 23.6 Å². The Bertz CT molecular complexity index is 2660. The van der Waals surface area contributed by atoms with Gasteiger partial charge in [-0.2, -0.15) is 0 Å². The van der Waals surface area contributed by atoms with Crippen LogP contribution in [0.5, 0.6) is 0 Å². The summed E-state index contributed by atoms with van der Waals surface area (Å²) >= 11 is 1.10. The van der Waals surface area contributed by atoms with E-state index in [-0.39, 0.29) is 50.6 Å². The summed E-state index contributed by atoms with van der Waals surface area (Å²) in [6.45, 7) is 10.8. The molecule has 5 aromatic carbocycles. The maximum absolute atomic E-state index is 13.8. The minimum absolute atomic E-state index is 0.0368. The summed E-state index contributed by atoms with van der Waals surface area (Å²) in [6.07, 6.45) is 0. The first-order valence-electron chi connectivity index (χ1n) is 19.1. The number of nitrogens with one attached hydrogen (secondary N) is 4. The second-order valence-electron chi connectivity index (χ2n) is 14.0. The van der Waals surface area contributed by atoms with Crippen molar-refractivity contribution in [1.82, 2.24) is 5.32 Å². The number of ketones is 2. The first-order chi connectivity index (χ1) is 30.0. The Balaban J connectivity index is 1.31. The zero-order valence-electron chi connectivity index (χ0n) is 34.7. The third-order valence-electron chi connectivity index (χ3n) is 9.11. The summed E-state index contributed by atoms with van der Waals surface area (Å²) in [5.74, 6) is -4.87. The monoisotopic (exact) mass is 866 g/mol. The van der Waals surface area contributed by atoms with Crippen LogP contribution in [0.25, 0.3) is 0 Å². The highest BCUT2D eigenvalue weighted by Crippen LogP contribution is 2.32. The standard InChI is InChI=1S/C48H42N4O10S/c1-27(2)41(53)25-61-47(59)37-21-19-35(23-39(37)45(57)49-6)63-36-20-22-38(48(60)62-26-42(54)28(3)4)40(24-36)46(58)52-32-13-11-31(12-14-32)44(56)51-34-17-15-33(16-18-34)50-43(55)30-9-7-29(5)8-10-30/h7-24H,1,3,25-26H2,2,4-6H3,(H,49,57)(H,50,55)(H,51,56)(H,52,58). The van der Waals surface area contributed by atoms with Gasteiger partial charge >= 0.3 is 11.9 Å². The van der Waals surface area contributed by atoms with Crippen LogP contribution in [0.3, 0.4) is 0 Å². The van der Waals surface area contributed by atoms with Crippen molar-refractivity contribution in [3.05, 3.63) is 172 Å². The minimum Gasteiger partial charge on any atom is -0.454 e. The number of aryl methyl sites for hydroxylation is 1. The van der Waals surface area contributed by atoms with Crippen LogP contribution < -0.4 is 21.3 Å². The molecule has 0 aliphatic carbocycles. The minimum atomic E-state index is -0.949. The van der Waals surface area contributed by atoms with Gasteiger partial charge in [-0.15, -0.1) is 0 Å². The van der Waals surface area contributed by atoms with Crippen molar-refractivity contribution in [2.45, 2.75) is 30.6 Å². The normalized spacial score (nSPS) is 10.4. The highest BCUT2D eigenvalue weighted by Gasteiger charge is 2.23. The number of carbonyl (C=O) groups is 8. The fraction of sp³-hybridized carbons (Fsp3) is 0.125. The lowest BCUT2D eigenvalue weighted by Crippen LogP contribution is -2.23. The van der Waals surface area contributed by atoms with Gasteiger partial charge in [0, 0.05) is 45.0 Å². The Kier molecular flexibility index (Phi) is 15.4. The summed E-state index contributed by atoms with van der Waals surface area (Å²) in [4.78, 5) is 103. The molecule has 0 spiro atoms. The van der Waals surface area contributed by atoms with Gasteiger partial charge in [-0.3, -0.25) is 28.8 Å². The van der Waals surface area contributed by atoms with Gasteiger partial charge in [-0.05, 0) is 129 Å². The first kappa shape index (κ1) is 46.2. The average Bonchev–Trinajstić information content (AvgIpc) is 3.27. The van der Waals surface area contributed by atoms with Crippen molar-refractivity contribution in [2.24, 2.45) is 0 Å². The maximum atomic E-state index is 13.8. The Morgan fingerprint density at radius 1 is 0.492 bits per heavy atom. The van der Waals surface area contributed by atoms with Crippen molar-refractivity contribution in [2.75, 3.05) is 36.2 Å². The fourth-order valence-electron chi connectivity index (χ4n) is 5.49. The number of anilines is 3. The molecule has 0 fully saturated rings. The maximum Gasteiger partial charge on any atom is 0.339 e. The molecule has 0 aliphatic heterocycles.